The first-order valence-electron chi connectivity index (χ1n) is 4.51. The summed E-state index contributed by atoms with van der Waals surface area (Å²) in [6, 6.07) is 0. The fraction of sp³-hybridized carbons (Fsp3) is 0.636. The lowest BCUT2D eigenvalue weighted by Crippen LogP contribution is -2.34. The topological polar surface area (TPSA) is 20.2 Å². The van der Waals surface area contributed by atoms with Gasteiger partial charge < -0.3 is 5.11 Å². The first kappa shape index (κ1) is 11.4. The summed E-state index contributed by atoms with van der Waals surface area (Å²) < 4.78 is 0. The van der Waals surface area contributed by atoms with Crippen LogP contribution >= 0.6 is 0 Å². The predicted molar refractivity (Wildman–Crippen MR) is 54.0 cm³/mol. The van der Waals surface area contributed by atoms with Crippen molar-refractivity contribution in [1.82, 2.24) is 0 Å². The standard InChI is InChI=1S/C11H20O/c1-5-7-9-11(12,8-6-2)10(3)4/h5-6,10,12H,1-2,7-9H2,3-4H3/t11-/m0/s1. The molecular weight excluding hydrogens is 148 g/mol. The summed E-state index contributed by atoms with van der Waals surface area (Å²) in [6.07, 6.45) is 5.93. The summed E-state index contributed by atoms with van der Waals surface area (Å²) in [5.74, 6) is 0.274. The first-order chi connectivity index (χ1) is 5.56. The van der Waals surface area contributed by atoms with Gasteiger partial charge in [0.1, 0.15) is 0 Å². The number of rotatable bonds is 6. The van der Waals surface area contributed by atoms with Crippen LogP contribution in [0.4, 0.5) is 0 Å². The molecule has 0 fully saturated rings. The normalized spacial score (nSPS) is 15.7. The second-order valence-electron chi connectivity index (χ2n) is 3.58. The van der Waals surface area contributed by atoms with Crippen LogP contribution < -0.4 is 0 Å². The maximum absolute atomic E-state index is 10.1. The Morgan fingerprint density at radius 1 is 1.33 bits per heavy atom. The molecule has 0 amide bonds. The lowest BCUT2D eigenvalue weighted by Gasteiger charge is -2.30. The molecule has 0 aromatic heterocycles. The van der Waals surface area contributed by atoms with E-state index in [0.29, 0.717) is 6.42 Å². The molecule has 0 unspecified atom stereocenters. The van der Waals surface area contributed by atoms with E-state index in [-0.39, 0.29) is 5.92 Å². The second kappa shape index (κ2) is 5.15. The highest BCUT2D eigenvalue weighted by molar-refractivity contribution is 4.90. The van der Waals surface area contributed by atoms with E-state index < -0.39 is 5.60 Å². The molecule has 0 spiro atoms. The zero-order chi connectivity index (χ0) is 9.61. The average molecular weight is 168 g/mol. The van der Waals surface area contributed by atoms with Crippen LogP contribution in [0.3, 0.4) is 0 Å². The molecule has 0 aliphatic heterocycles. The van der Waals surface area contributed by atoms with E-state index >= 15 is 0 Å². The van der Waals surface area contributed by atoms with Crippen LogP contribution in [0.1, 0.15) is 33.1 Å². The van der Waals surface area contributed by atoms with Crippen molar-refractivity contribution in [3.63, 3.8) is 0 Å². The van der Waals surface area contributed by atoms with Crippen LogP contribution in [0.25, 0.3) is 0 Å². The molecule has 0 aromatic carbocycles. The summed E-state index contributed by atoms with van der Waals surface area (Å²) >= 11 is 0. The van der Waals surface area contributed by atoms with Gasteiger partial charge in [-0.25, -0.2) is 0 Å². The molecule has 0 aromatic rings. The van der Waals surface area contributed by atoms with Crippen molar-refractivity contribution < 1.29 is 5.11 Å². The minimum absolute atomic E-state index is 0.274. The molecule has 0 radical (unpaired) electrons. The van der Waals surface area contributed by atoms with E-state index in [0.717, 1.165) is 12.8 Å². The number of allylic oxidation sites excluding steroid dienone is 1. The maximum Gasteiger partial charge on any atom is 0.0707 e. The lowest BCUT2D eigenvalue weighted by atomic mass is 9.83. The number of aliphatic hydroxyl groups is 1. The Morgan fingerprint density at radius 3 is 2.25 bits per heavy atom. The zero-order valence-electron chi connectivity index (χ0n) is 8.21. The van der Waals surface area contributed by atoms with E-state index in [4.69, 9.17) is 0 Å². The van der Waals surface area contributed by atoms with Crippen molar-refractivity contribution in [2.75, 3.05) is 0 Å². The van der Waals surface area contributed by atoms with Gasteiger partial charge in [0.25, 0.3) is 0 Å². The summed E-state index contributed by atoms with van der Waals surface area (Å²) in [7, 11) is 0. The number of hydrogen-bond acceptors (Lipinski definition) is 1. The molecule has 0 saturated heterocycles. The highest BCUT2D eigenvalue weighted by Gasteiger charge is 2.28. The molecule has 1 nitrogen and oxygen atoms in total. The molecule has 1 heteroatoms. The van der Waals surface area contributed by atoms with E-state index in [1.807, 2.05) is 19.9 Å². The van der Waals surface area contributed by atoms with Gasteiger partial charge in [0.05, 0.1) is 5.60 Å². The molecule has 0 rings (SSSR count). The second-order valence-corrected chi connectivity index (χ2v) is 3.58. The van der Waals surface area contributed by atoms with Crippen molar-refractivity contribution in [2.45, 2.75) is 38.7 Å². The van der Waals surface area contributed by atoms with Gasteiger partial charge in [-0.1, -0.05) is 26.0 Å². The Bertz CT molecular complexity index is 149. The molecule has 70 valence electrons. The molecule has 0 aliphatic rings. The van der Waals surface area contributed by atoms with Crippen LogP contribution in [0.15, 0.2) is 25.3 Å². The third-order valence-corrected chi connectivity index (χ3v) is 2.35. The van der Waals surface area contributed by atoms with Gasteiger partial charge in [-0.3, -0.25) is 0 Å². The molecule has 1 N–H and O–H groups in total. The van der Waals surface area contributed by atoms with E-state index in [1.165, 1.54) is 0 Å². The molecule has 0 heterocycles. The summed E-state index contributed by atoms with van der Waals surface area (Å²) in [5, 5.41) is 10.1. The Labute approximate surface area is 75.8 Å². The Balaban J connectivity index is 4.16. The molecular formula is C11H20O. The lowest BCUT2D eigenvalue weighted by molar-refractivity contribution is -0.00926. The average Bonchev–Trinajstić information content (AvgIpc) is 2.01. The third-order valence-electron chi connectivity index (χ3n) is 2.35. The van der Waals surface area contributed by atoms with Crippen LogP contribution in [-0.4, -0.2) is 10.7 Å². The Morgan fingerprint density at radius 2 is 1.92 bits per heavy atom. The fourth-order valence-electron chi connectivity index (χ4n) is 1.23. The van der Waals surface area contributed by atoms with Crippen LogP contribution in [0.5, 0.6) is 0 Å². The SMILES string of the molecule is C=CCC[C@@](O)(CC=C)C(C)C. The summed E-state index contributed by atoms with van der Waals surface area (Å²) in [4.78, 5) is 0. The van der Waals surface area contributed by atoms with Gasteiger partial charge in [0, 0.05) is 0 Å². The van der Waals surface area contributed by atoms with Gasteiger partial charge in [-0.05, 0) is 25.2 Å². The minimum Gasteiger partial charge on any atom is -0.389 e. The minimum atomic E-state index is -0.587. The molecule has 0 bridgehead atoms. The van der Waals surface area contributed by atoms with Crippen molar-refractivity contribution in [2.24, 2.45) is 5.92 Å². The van der Waals surface area contributed by atoms with Gasteiger partial charge in [-0.15, -0.1) is 13.2 Å². The smallest absolute Gasteiger partial charge is 0.0707 e. The first-order valence-corrected chi connectivity index (χ1v) is 4.51. The zero-order valence-corrected chi connectivity index (χ0v) is 8.21. The van der Waals surface area contributed by atoms with Crippen molar-refractivity contribution >= 4 is 0 Å². The predicted octanol–water partition coefficient (Wildman–Crippen LogP) is 2.92. The van der Waals surface area contributed by atoms with E-state index in [9.17, 15) is 5.11 Å². The number of hydrogen-bond donors (Lipinski definition) is 1. The molecule has 1 atom stereocenters. The molecule has 12 heavy (non-hydrogen) atoms. The highest BCUT2D eigenvalue weighted by Crippen LogP contribution is 2.26. The third kappa shape index (κ3) is 3.22. The van der Waals surface area contributed by atoms with Crippen molar-refractivity contribution in [3.05, 3.63) is 25.3 Å². The van der Waals surface area contributed by atoms with Gasteiger partial charge in [0.2, 0.25) is 0 Å². The summed E-state index contributed by atoms with van der Waals surface area (Å²) in [5.41, 5.74) is -0.587. The van der Waals surface area contributed by atoms with Crippen LogP contribution in [-0.2, 0) is 0 Å². The van der Waals surface area contributed by atoms with E-state index in [1.54, 1.807) is 6.08 Å². The Kier molecular flexibility index (Phi) is 4.91. The van der Waals surface area contributed by atoms with Gasteiger partial charge in [0.15, 0.2) is 0 Å². The van der Waals surface area contributed by atoms with Crippen LogP contribution in [0, 0.1) is 5.92 Å². The highest BCUT2D eigenvalue weighted by atomic mass is 16.3. The monoisotopic (exact) mass is 168 g/mol. The molecule has 0 saturated carbocycles. The van der Waals surface area contributed by atoms with Gasteiger partial charge >= 0.3 is 0 Å². The van der Waals surface area contributed by atoms with E-state index in [2.05, 4.69) is 13.2 Å². The van der Waals surface area contributed by atoms with Crippen LogP contribution in [0.2, 0.25) is 0 Å². The maximum atomic E-state index is 10.1. The Hall–Kier alpha value is -0.560. The fourth-order valence-corrected chi connectivity index (χ4v) is 1.23. The summed E-state index contributed by atoms with van der Waals surface area (Å²) in [6.45, 7) is 11.4. The molecule has 0 aliphatic carbocycles. The largest absolute Gasteiger partial charge is 0.389 e. The van der Waals surface area contributed by atoms with Crippen molar-refractivity contribution in [3.8, 4) is 0 Å². The quantitative estimate of drug-likeness (QED) is 0.605. The van der Waals surface area contributed by atoms with Gasteiger partial charge in [-0.2, -0.15) is 0 Å². The van der Waals surface area contributed by atoms with Crippen molar-refractivity contribution in [1.29, 1.82) is 0 Å².